The fourth-order valence-corrected chi connectivity index (χ4v) is 2.64. The number of hydrogen-bond acceptors (Lipinski definition) is 4. The van der Waals surface area contributed by atoms with E-state index in [4.69, 9.17) is 9.47 Å². The highest BCUT2D eigenvalue weighted by atomic mass is 19.1. The molecule has 0 radical (unpaired) electrons. The topological polar surface area (TPSA) is 64.6 Å². The van der Waals surface area contributed by atoms with Crippen LogP contribution in [0.3, 0.4) is 0 Å². The predicted molar refractivity (Wildman–Crippen MR) is 93.9 cm³/mol. The zero-order chi connectivity index (χ0) is 18.7. The molecule has 132 valence electrons. The monoisotopic (exact) mass is 353 g/mol. The maximum absolute atomic E-state index is 13.1. The smallest absolute Gasteiger partial charge is 0.341 e. The highest BCUT2D eigenvalue weighted by Crippen LogP contribution is 2.33. The van der Waals surface area contributed by atoms with Crippen molar-refractivity contribution in [3.8, 4) is 5.75 Å². The van der Waals surface area contributed by atoms with Crippen LogP contribution in [0.4, 0.5) is 4.39 Å². The lowest BCUT2D eigenvalue weighted by atomic mass is 10.00. The van der Waals surface area contributed by atoms with E-state index < -0.39 is 11.8 Å². The Morgan fingerprint density at radius 3 is 2.65 bits per heavy atom. The summed E-state index contributed by atoms with van der Waals surface area (Å²) in [6.45, 7) is 3.68. The van der Waals surface area contributed by atoms with Crippen LogP contribution < -0.4 is 10.1 Å². The zero-order valence-electron chi connectivity index (χ0n) is 14.0. The molecule has 1 N–H and O–H groups in total. The van der Waals surface area contributed by atoms with Gasteiger partial charge < -0.3 is 14.8 Å². The van der Waals surface area contributed by atoms with Crippen molar-refractivity contribution in [2.45, 2.75) is 0 Å². The fraction of sp³-hybridized carbons (Fsp3) is 0.100. The maximum Gasteiger partial charge on any atom is 0.341 e. The van der Waals surface area contributed by atoms with Gasteiger partial charge in [0.2, 0.25) is 0 Å². The number of halogens is 1. The number of esters is 1. The van der Waals surface area contributed by atoms with E-state index in [0.717, 1.165) is 0 Å². The Morgan fingerprint density at radius 1 is 1.23 bits per heavy atom. The molecule has 0 saturated carbocycles. The number of hydrogen-bond donors (Lipinski definition) is 1. The molecule has 3 rings (SSSR count). The lowest BCUT2D eigenvalue weighted by Gasteiger charge is -2.08. The summed E-state index contributed by atoms with van der Waals surface area (Å²) in [5.74, 6) is -0.608. The molecular formula is C20H16FNO4. The Labute approximate surface area is 149 Å². The summed E-state index contributed by atoms with van der Waals surface area (Å²) < 4.78 is 23.3. The second-order valence-corrected chi connectivity index (χ2v) is 5.59. The number of rotatable bonds is 5. The highest BCUT2D eigenvalue weighted by Gasteiger charge is 2.29. The highest BCUT2D eigenvalue weighted by molar-refractivity contribution is 6.07. The predicted octanol–water partition coefficient (Wildman–Crippen LogP) is 3.09. The molecule has 2 aromatic carbocycles. The van der Waals surface area contributed by atoms with Crippen molar-refractivity contribution >= 4 is 17.4 Å². The molecule has 1 amide bonds. The molecular weight excluding hydrogens is 337 g/mol. The summed E-state index contributed by atoms with van der Waals surface area (Å²) >= 11 is 0. The van der Waals surface area contributed by atoms with Crippen molar-refractivity contribution in [1.29, 1.82) is 0 Å². The molecule has 6 heteroatoms. The molecule has 0 aromatic heterocycles. The van der Waals surface area contributed by atoms with Gasteiger partial charge in [-0.15, -0.1) is 0 Å². The Morgan fingerprint density at radius 2 is 1.96 bits per heavy atom. The lowest BCUT2D eigenvalue weighted by Crippen LogP contribution is -2.27. The van der Waals surface area contributed by atoms with Crippen LogP contribution in [0.1, 0.15) is 15.9 Å². The van der Waals surface area contributed by atoms with Gasteiger partial charge in [0, 0.05) is 11.1 Å². The molecule has 0 aliphatic carbocycles. The molecule has 0 atom stereocenters. The third kappa shape index (κ3) is 3.49. The van der Waals surface area contributed by atoms with E-state index in [9.17, 15) is 14.0 Å². The Kier molecular flexibility index (Phi) is 4.84. The third-order valence-electron chi connectivity index (χ3n) is 3.93. The first-order valence-corrected chi connectivity index (χ1v) is 7.82. The van der Waals surface area contributed by atoms with E-state index in [0.29, 0.717) is 22.4 Å². The fourth-order valence-electron chi connectivity index (χ4n) is 2.64. The van der Waals surface area contributed by atoms with Crippen molar-refractivity contribution in [3.05, 3.63) is 83.4 Å². The van der Waals surface area contributed by atoms with Crippen LogP contribution in [0.15, 0.2) is 66.4 Å². The van der Waals surface area contributed by atoms with E-state index in [1.165, 1.54) is 31.4 Å². The normalized spacial score (nSPS) is 13.6. The summed E-state index contributed by atoms with van der Waals surface area (Å²) in [4.78, 5) is 24.4. The maximum atomic E-state index is 13.1. The van der Waals surface area contributed by atoms with Gasteiger partial charge in [-0.05, 0) is 35.9 Å². The molecule has 5 nitrogen and oxygen atoms in total. The Bertz CT molecular complexity index is 916. The molecule has 0 bridgehead atoms. The number of amides is 1. The van der Waals surface area contributed by atoms with Crippen LogP contribution in [-0.2, 0) is 9.53 Å². The summed E-state index contributed by atoms with van der Waals surface area (Å²) in [6, 6.07) is 12.3. The van der Waals surface area contributed by atoms with E-state index in [2.05, 4.69) is 11.9 Å². The number of benzene rings is 2. The van der Waals surface area contributed by atoms with Gasteiger partial charge in [0.05, 0.1) is 19.2 Å². The molecule has 0 saturated heterocycles. The van der Waals surface area contributed by atoms with Crippen LogP contribution in [0.25, 0.3) is 5.57 Å². The minimum atomic E-state index is -0.583. The van der Waals surface area contributed by atoms with Gasteiger partial charge in [-0.3, -0.25) is 4.79 Å². The van der Waals surface area contributed by atoms with Crippen LogP contribution in [0.2, 0.25) is 0 Å². The summed E-state index contributed by atoms with van der Waals surface area (Å²) in [5.41, 5.74) is 1.71. The number of carbonyl (C=O) groups excluding carboxylic acids is 2. The minimum absolute atomic E-state index is 0.0411. The summed E-state index contributed by atoms with van der Waals surface area (Å²) in [5, 5.41) is 2.69. The SMILES string of the molecule is C=C1OC(=O)C(CNC(=O)c2cccc(OC)c2)=C1c1ccc(F)cc1. The van der Waals surface area contributed by atoms with E-state index in [1.54, 1.807) is 24.3 Å². The van der Waals surface area contributed by atoms with Gasteiger partial charge in [-0.2, -0.15) is 0 Å². The number of cyclic esters (lactones) is 1. The Balaban J connectivity index is 1.83. The lowest BCUT2D eigenvalue weighted by molar-refractivity contribution is -0.133. The van der Waals surface area contributed by atoms with E-state index in [1.807, 2.05) is 0 Å². The second kappa shape index (κ2) is 7.23. The molecule has 2 aromatic rings. The third-order valence-corrected chi connectivity index (χ3v) is 3.93. The standard InChI is InChI=1S/C20H16FNO4/c1-12-18(13-6-8-15(21)9-7-13)17(20(24)26-12)11-22-19(23)14-4-3-5-16(10-14)25-2/h3-10H,1,11H2,2H3,(H,22,23). The molecule has 1 aliphatic heterocycles. The number of ether oxygens (including phenoxy) is 2. The minimum Gasteiger partial charge on any atom is -0.497 e. The number of allylic oxidation sites excluding steroid dienone is 1. The molecule has 0 spiro atoms. The molecule has 0 fully saturated rings. The summed E-state index contributed by atoms with van der Waals surface area (Å²) in [6.07, 6.45) is 0. The number of carbonyl (C=O) groups is 2. The van der Waals surface area contributed by atoms with Gasteiger partial charge in [-0.25, -0.2) is 9.18 Å². The second-order valence-electron chi connectivity index (χ2n) is 5.59. The first kappa shape index (κ1) is 17.4. The molecule has 0 unspecified atom stereocenters. The average Bonchev–Trinajstić information content (AvgIpc) is 2.93. The van der Waals surface area contributed by atoms with Crippen molar-refractivity contribution < 1.29 is 23.5 Å². The van der Waals surface area contributed by atoms with Crippen molar-refractivity contribution in [3.63, 3.8) is 0 Å². The molecule has 26 heavy (non-hydrogen) atoms. The van der Waals surface area contributed by atoms with Crippen molar-refractivity contribution in [1.82, 2.24) is 5.32 Å². The Hall–Kier alpha value is -3.41. The van der Waals surface area contributed by atoms with Crippen molar-refractivity contribution in [2.75, 3.05) is 13.7 Å². The van der Waals surface area contributed by atoms with Gasteiger partial charge in [-0.1, -0.05) is 24.8 Å². The van der Waals surface area contributed by atoms with Crippen LogP contribution >= 0.6 is 0 Å². The first-order valence-electron chi connectivity index (χ1n) is 7.82. The van der Waals surface area contributed by atoms with Crippen LogP contribution in [0, 0.1) is 5.82 Å². The number of methoxy groups -OCH3 is 1. The van der Waals surface area contributed by atoms with Gasteiger partial charge in [0.15, 0.2) is 0 Å². The van der Waals surface area contributed by atoms with Crippen molar-refractivity contribution in [2.24, 2.45) is 0 Å². The number of nitrogens with one attached hydrogen (secondary N) is 1. The largest absolute Gasteiger partial charge is 0.497 e. The van der Waals surface area contributed by atoms with Crippen LogP contribution in [-0.4, -0.2) is 25.5 Å². The molecule has 1 aliphatic rings. The van der Waals surface area contributed by atoms with E-state index >= 15 is 0 Å². The average molecular weight is 353 g/mol. The molecule has 1 heterocycles. The van der Waals surface area contributed by atoms with Gasteiger partial charge >= 0.3 is 5.97 Å². The van der Waals surface area contributed by atoms with Gasteiger partial charge in [0.25, 0.3) is 5.91 Å². The quantitative estimate of drug-likeness (QED) is 0.839. The first-order chi connectivity index (χ1) is 12.5. The van der Waals surface area contributed by atoms with Gasteiger partial charge in [0.1, 0.15) is 17.3 Å². The summed E-state index contributed by atoms with van der Waals surface area (Å²) in [7, 11) is 1.51. The van der Waals surface area contributed by atoms with E-state index in [-0.39, 0.29) is 23.8 Å². The van der Waals surface area contributed by atoms with Crippen LogP contribution in [0.5, 0.6) is 5.75 Å². The zero-order valence-corrected chi connectivity index (χ0v) is 14.0.